The lowest BCUT2D eigenvalue weighted by Gasteiger charge is -2.39. The minimum atomic E-state index is -0.189. The number of rotatable bonds is 6. The van der Waals surface area contributed by atoms with Crippen molar-refractivity contribution in [1.29, 1.82) is 0 Å². The summed E-state index contributed by atoms with van der Waals surface area (Å²) in [6.07, 6.45) is 2.14. The van der Waals surface area contributed by atoms with E-state index in [1.165, 1.54) is 12.1 Å². The average molecular weight is 346 g/mol. The predicted molar refractivity (Wildman–Crippen MR) is 96.0 cm³/mol. The lowest BCUT2D eigenvalue weighted by Crippen LogP contribution is -2.48. The molecule has 1 atom stereocenters. The van der Waals surface area contributed by atoms with Gasteiger partial charge in [-0.3, -0.25) is 4.90 Å². The van der Waals surface area contributed by atoms with Crippen LogP contribution in [0.4, 0.5) is 10.1 Å². The van der Waals surface area contributed by atoms with Crippen molar-refractivity contribution in [2.24, 2.45) is 0 Å². The Morgan fingerprint density at radius 2 is 1.76 bits per heavy atom. The monoisotopic (exact) mass is 346 g/mol. The summed E-state index contributed by atoms with van der Waals surface area (Å²) in [5.41, 5.74) is 1.08. The van der Waals surface area contributed by atoms with Crippen LogP contribution in [0.3, 0.4) is 0 Å². The molecular formula is C18H27FN6. The van der Waals surface area contributed by atoms with Gasteiger partial charge in [0, 0.05) is 31.9 Å². The Morgan fingerprint density at radius 1 is 1.08 bits per heavy atom. The van der Waals surface area contributed by atoms with Crippen molar-refractivity contribution >= 4 is 5.69 Å². The van der Waals surface area contributed by atoms with Crippen LogP contribution < -0.4 is 4.90 Å². The van der Waals surface area contributed by atoms with Crippen LogP contribution in [0.2, 0.25) is 0 Å². The predicted octanol–water partition coefficient (Wildman–Crippen LogP) is 3.06. The molecule has 0 unspecified atom stereocenters. The van der Waals surface area contributed by atoms with E-state index in [2.05, 4.69) is 46.1 Å². The van der Waals surface area contributed by atoms with Gasteiger partial charge in [0.25, 0.3) is 0 Å². The van der Waals surface area contributed by atoms with Crippen LogP contribution in [0, 0.1) is 5.82 Å². The highest BCUT2D eigenvalue weighted by Gasteiger charge is 2.29. The molecule has 0 aliphatic carbocycles. The van der Waals surface area contributed by atoms with Crippen LogP contribution in [-0.2, 0) is 0 Å². The first-order valence-corrected chi connectivity index (χ1v) is 9.12. The minimum absolute atomic E-state index is 0.189. The van der Waals surface area contributed by atoms with Gasteiger partial charge in [-0.05, 0) is 55.0 Å². The molecule has 0 bridgehead atoms. The molecular weight excluding hydrogens is 319 g/mol. The molecule has 0 spiro atoms. The van der Waals surface area contributed by atoms with E-state index in [-0.39, 0.29) is 17.9 Å². The van der Waals surface area contributed by atoms with Crippen molar-refractivity contribution in [3.05, 3.63) is 35.9 Å². The molecule has 0 radical (unpaired) electrons. The van der Waals surface area contributed by atoms with Gasteiger partial charge >= 0.3 is 0 Å². The number of hydrogen-bond donors (Lipinski definition) is 0. The third-order valence-corrected chi connectivity index (χ3v) is 4.81. The summed E-state index contributed by atoms with van der Waals surface area (Å²) < 4.78 is 15.1. The Balaban J connectivity index is 1.70. The summed E-state index contributed by atoms with van der Waals surface area (Å²) in [4.78, 5) is 4.79. The summed E-state index contributed by atoms with van der Waals surface area (Å²) in [7, 11) is 0. The zero-order chi connectivity index (χ0) is 17.8. The number of halogens is 1. The Bertz CT molecular complexity index is 660. The Morgan fingerprint density at radius 3 is 2.36 bits per heavy atom. The quantitative estimate of drug-likeness (QED) is 0.805. The van der Waals surface area contributed by atoms with Crippen molar-refractivity contribution in [2.75, 3.05) is 31.1 Å². The first kappa shape index (κ1) is 17.8. The minimum Gasteiger partial charge on any atom is -0.369 e. The maximum atomic E-state index is 13.1. The average Bonchev–Trinajstić information content (AvgIpc) is 3.10. The van der Waals surface area contributed by atoms with Gasteiger partial charge in [0.1, 0.15) is 5.82 Å². The fraction of sp³-hybridized carbons (Fsp3) is 0.611. The molecule has 3 rings (SSSR count). The van der Waals surface area contributed by atoms with E-state index in [0.29, 0.717) is 0 Å². The number of aromatic nitrogens is 4. The van der Waals surface area contributed by atoms with Crippen LogP contribution in [-0.4, -0.2) is 51.3 Å². The molecule has 1 saturated heterocycles. The van der Waals surface area contributed by atoms with E-state index in [9.17, 15) is 4.39 Å². The van der Waals surface area contributed by atoms with Crippen LogP contribution in [0.1, 0.15) is 51.5 Å². The second-order valence-corrected chi connectivity index (χ2v) is 6.88. The van der Waals surface area contributed by atoms with Gasteiger partial charge < -0.3 is 4.90 Å². The van der Waals surface area contributed by atoms with Gasteiger partial charge in [0.2, 0.25) is 0 Å². The van der Waals surface area contributed by atoms with Gasteiger partial charge in [-0.1, -0.05) is 13.3 Å². The van der Waals surface area contributed by atoms with Crippen molar-refractivity contribution in [1.82, 2.24) is 25.1 Å². The highest BCUT2D eigenvalue weighted by molar-refractivity contribution is 5.46. The number of benzene rings is 1. The highest BCUT2D eigenvalue weighted by Crippen LogP contribution is 2.27. The topological polar surface area (TPSA) is 50.1 Å². The number of piperazine rings is 1. The van der Waals surface area contributed by atoms with Crippen LogP contribution >= 0.6 is 0 Å². The van der Waals surface area contributed by atoms with E-state index < -0.39 is 0 Å². The van der Waals surface area contributed by atoms with E-state index in [1.54, 1.807) is 0 Å². The molecule has 136 valence electrons. The van der Waals surface area contributed by atoms with Gasteiger partial charge in [-0.15, -0.1) is 5.10 Å². The fourth-order valence-electron chi connectivity index (χ4n) is 3.48. The molecule has 25 heavy (non-hydrogen) atoms. The molecule has 0 saturated carbocycles. The molecule has 0 N–H and O–H groups in total. The lowest BCUT2D eigenvalue weighted by molar-refractivity contribution is 0.162. The summed E-state index contributed by atoms with van der Waals surface area (Å²) in [6.45, 7) is 10.2. The van der Waals surface area contributed by atoms with Crippen molar-refractivity contribution in [3.8, 4) is 0 Å². The number of anilines is 1. The molecule has 1 aromatic carbocycles. The second kappa shape index (κ2) is 7.91. The molecule has 6 nitrogen and oxygen atoms in total. The third-order valence-electron chi connectivity index (χ3n) is 4.81. The SMILES string of the molecule is CCC[C@H](c1nnnn1C(C)C)N1CCN(c2ccc(F)cc2)CC1. The number of nitrogens with zero attached hydrogens (tertiary/aromatic N) is 6. The highest BCUT2D eigenvalue weighted by atomic mass is 19.1. The van der Waals surface area contributed by atoms with Crippen molar-refractivity contribution in [3.63, 3.8) is 0 Å². The van der Waals surface area contributed by atoms with Crippen LogP contribution in [0.25, 0.3) is 0 Å². The van der Waals surface area contributed by atoms with Gasteiger partial charge in [0.15, 0.2) is 5.82 Å². The smallest absolute Gasteiger partial charge is 0.168 e. The molecule has 7 heteroatoms. The molecule has 1 aliphatic heterocycles. The van der Waals surface area contributed by atoms with Crippen LogP contribution in [0.15, 0.2) is 24.3 Å². The standard InChI is InChI=1S/C18H27FN6/c1-4-5-17(18-20-21-22-25(18)14(2)3)24-12-10-23(11-13-24)16-8-6-15(19)7-9-16/h6-9,14,17H,4-5,10-13H2,1-3H3/t17-/m1/s1. The fourth-order valence-corrected chi connectivity index (χ4v) is 3.48. The normalized spacial score (nSPS) is 17.2. The van der Waals surface area contributed by atoms with Gasteiger partial charge in [-0.25, -0.2) is 9.07 Å². The summed E-state index contributed by atoms with van der Waals surface area (Å²) in [5.74, 6) is 0.776. The third kappa shape index (κ3) is 3.98. The van der Waals surface area contributed by atoms with Crippen molar-refractivity contribution in [2.45, 2.75) is 45.7 Å². The zero-order valence-corrected chi connectivity index (χ0v) is 15.3. The molecule has 1 aromatic heterocycles. The molecule has 2 heterocycles. The maximum Gasteiger partial charge on any atom is 0.168 e. The van der Waals surface area contributed by atoms with E-state index >= 15 is 0 Å². The number of tetrazole rings is 1. The summed E-state index contributed by atoms with van der Waals surface area (Å²) in [6, 6.07) is 7.26. The number of hydrogen-bond acceptors (Lipinski definition) is 5. The lowest BCUT2D eigenvalue weighted by atomic mass is 10.1. The zero-order valence-electron chi connectivity index (χ0n) is 15.3. The maximum absolute atomic E-state index is 13.1. The van der Waals surface area contributed by atoms with E-state index in [1.807, 2.05) is 16.8 Å². The first-order chi connectivity index (χ1) is 12.1. The van der Waals surface area contributed by atoms with Crippen LogP contribution in [0.5, 0.6) is 0 Å². The molecule has 0 amide bonds. The Labute approximate surface area is 148 Å². The Kier molecular flexibility index (Phi) is 5.63. The largest absolute Gasteiger partial charge is 0.369 e. The molecule has 1 aliphatic rings. The molecule has 2 aromatic rings. The van der Waals surface area contributed by atoms with Crippen molar-refractivity contribution < 1.29 is 4.39 Å². The Hall–Kier alpha value is -2.02. The molecule has 1 fully saturated rings. The second-order valence-electron chi connectivity index (χ2n) is 6.88. The van der Waals surface area contributed by atoms with E-state index in [4.69, 9.17) is 0 Å². The van der Waals surface area contributed by atoms with Gasteiger partial charge in [-0.2, -0.15) is 0 Å². The first-order valence-electron chi connectivity index (χ1n) is 9.12. The van der Waals surface area contributed by atoms with Gasteiger partial charge in [0.05, 0.1) is 12.1 Å². The summed E-state index contributed by atoms with van der Waals surface area (Å²) in [5, 5.41) is 12.4. The van der Waals surface area contributed by atoms with E-state index in [0.717, 1.165) is 50.5 Å². The summed E-state index contributed by atoms with van der Waals surface area (Å²) >= 11 is 0.